The van der Waals surface area contributed by atoms with Gasteiger partial charge >= 0.3 is 0 Å². The van der Waals surface area contributed by atoms with Crippen molar-refractivity contribution in [2.75, 3.05) is 32.7 Å². The highest BCUT2D eigenvalue weighted by Gasteiger charge is 2.61. The Labute approximate surface area is 227 Å². The molecule has 3 aliphatic rings. The van der Waals surface area contributed by atoms with Crippen LogP contribution >= 0.6 is 0 Å². The average molecular weight is 557 g/mol. The van der Waals surface area contributed by atoms with E-state index in [1.807, 2.05) is 4.90 Å². The third-order valence-electron chi connectivity index (χ3n) is 8.12. The number of likely N-dealkylation sites (tertiary alicyclic amines) is 1. The molecule has 1 N–H and O–H groups in total. The van der Waals surface area contributed by atoms with E-state index < -0.39 is 31.4 Å². The van der Waals surface area contributed by atoms with Crippen molar-refractivity contribution >= 4 is 21.7 Å². The Kier molecular flexibility index (Phi) is 6.79. The molecule has 0 unspecified atom stereocenters. The summed E-state index contributed by atoms with van der Waals surface area (Å²) in [6.07, 6.45) is 0.450. The first kappa shape index (κ1) is 27.3. The summed E-state index contributed by atoms with van der Waals surface area (Å²) in [5, 5.41) is 16.1. The van der Waals surface area contributed by atoms with E-state index in [0.717, 1.165) is 5.56 Å². The van der Waals surface area contributed by atoms with Crippen molar-refractivity contribution in [3.8, 4) is 6.07 Å². The van der Waals surface area contributed by atoms with Gasteiger partial charge in [-0.25, -0.2) is 12.8 Å². The monoisotopic (exact) mass is 556 g/mol. The first-order chi connectivity index (χ1) is 18.4. The minimum atomic E-state index is -3.63. The van der Waals surface area contributed by atoms with E-state index in [-0.39, 0.29) is 44.3 Å². The first-order valence-corrected chi connectivity index (χ1v) is 14.6. The summed E-state index contributed by atoms with van der Waals surface area (Å²) < 4.78 is 40.2. The van der Waals surface area contributed by atoms with Crippen molar-refractivity contribution < 1.29 is 22.4 Å². The second kappa shape index (κ2) is 9.71. The number of carbonyl (C=O) groups excluding carboxylic acids is 2. The summed E-state index contributed by atoms with van der Waals surface area (Å²) in [5.74, 6) is -0.735. The van der Waals surface area contributed by atoms with Gasteiger partial charge in [-0.05, 0) is 50.8 Å². The molecule has 12 heteroatoms. The van der Waals surface area contributed by atoms with Gasteiger partial charge in [0, 0.05) is 51.9 Å². The number of rotatable bonds is 9. The predicted molar refractivity (Wildman–Crippen MR) is 141 cm³/mol. The Morgan fingerprint density at radius 3 is 2.51 bits per heavy atom. The molecule has 1 aromatic carbocycles. The molecule has 0 spiro atoms. The second-order valence-electron chi connectivity index (χ2n) is 11.5. The van der Waals surface area contributed by atoms with E-state index in [1.54, 1.807) is 50.1 Å². The number of sulfone groups is 1. The maximum atomic E-state index is 13.8. The maximum absolute atomic E-state index is 13.8. The lowest BCUT2D eigenvalue weighted by Gasteiger charge is -2.41. The van der Waals surface area contributed by atoms with Gasteiger partial charge in [0.1, 0.15) is 11.9 Å². The topological polar surface area (TPSA) is 128 Å². The van der Waals surface area contributed by atoms with Gasteiger partial charge in [0.2, 0.25) is 0 Å². The summed E-state index contributed by atoms with van der Waals surface area (Å²) in [4.78, 5) is 29.9. The van der Waals surface area contributed by atoms with E-state index >= 15 is 0 Å². The molecule has 2 aromatic rings. The Bertz CT molecular complexity index is 1450. The van der Waals surface area contributed by atoms with Gasteiger partial charge in [0.05, 0.1) is 21.1 Å². The summed E-state index contributed by atoms with van der Waals surface area (Å²) in [7, 11) is -2.03. The van der Waals surface area contributed by atoms with Crippen molar-refractivity contribution in [2.24, 2.45) is 7.05 Å². The molecule has 2 amide bonds. The van der Waals surface area contributed by atoms with Crippen LogP contribution in [0.3, 0.4) is 0 Å². The number of halogens is 1. The molecule has 208 valence electrons. The number of hydrogen-bond acceptors (Lipinski definition) is 7. The summed E-state index contributed by atoms with van der Waals surface area (Å²) >= 11 is 0. The number of fused-ring (bicyclic) bond motifs is 1. The molecule has 5 rings (SSSR count). The molecule has 2 fully saturated rings. The molecule has 0 atom stereocenters. The number of benzene rings is 1. The van der Waals surface area contributed by atoms with Gasteiger partial charge in [-0.15, -0.1) is 0 Å². The van der Waals surface area contributed by atoms with Gasteiger partial charge < -0.3 is 10.2 Å². The molecule has 1 aromatic heterocycles. The van der Waals surface area contributed by atoms with Crippen molar-refractivity contribution in [3.63, 3.8) is 0 Å². The quantitative estimate of drug-likeness (QED) is 0.497. The average Bonchev–Trinajstić information content (AvgIpc) is 3.59. The van der Waals surface area contributed by atoms with Crippen LogP contribution in [0, 0.1) is 11.3 Å². The summed E-state index contributed by atoms with van der Waals surface area (Å²) in [5.41, 5.74) is 2.40. The second-order valence-corrected chi connectivity index (χ2v) is 14.5. The Hall–Kier alpha value is -3.30. The van der Waals surface area contributed by atoms with Gasteiger partial charge in [-0.2, -0.15) is 10.4 Å². The van der Waals surface area contributed by atoms with E-state index in [1.165, 1.54) is 4.68 Å². The molecule has 3 heterocycles. The van der Waals surface area contributed by atoms with Gasteiger partial charge in [0.15, 0.2) is 15.5 Å². The third-order valence-corrected chi connectivity index (χ3v) is 11.4. The molecular weight excluding hydrogens is 523 g/mol. The number of nitriles is 1. The molecule has 1 saturated carbocycles. The minimum Gasteiger partial charge on any atom is -0.347 e. The van der Waals surface area contributed by atoms with Gasteiger partial charge in [-0.1, -0.05) is 12.1 Å². The third kappa shape index (κ3) is 4.82. The van der Waals surface area contributed by atoms with Crippen LogP contribution in [0.25, 0.3) is 0 Å². The molecule has 2 aliphatic heterocycles. The van der Waals surface area contributed by atoms with Crippen LogP contribution in [-0.2, 0) is 29.9 Å². The fraction of sp³-hybridized carbons (Fsp3) is 0.556. The Balaban J connectivity index is 1.28. The summed E-state index contributed by atoms with van der Waals surface area (Å²) in [6, 6.07) is 8.93. The van der Waals surface area contributed by atoms with Crippen molar-refractivity contribution in [1.29, 1.82) is 5.26 Å². The van der Waals surface area contributed by atoms with Crippen molar-refractivity contribution in [2.45, 2.75) is 55.3 Å². The molecule has 39 heavy (non-hydrogen) atoms. The minimum absolute atomic E-state index is 0.0914. The van der Waals surface area contributed by atoms with Gasteiger partial charge in [-0.3, -0.25) is 19.2 Å². The van der Waals surface area contributed by atoms with E-state index in [9.17, 15) is 22.4 Å². The number of carbonyl (C=O) groups is 2. The van der Waals surface area contributed by atoms with Crippen molar-refractivity contribution in [3.05, 3.63) is 52.3 Å². The largest absolute Gasteiger partial charge is 0.347 e. The van der Waals surface area contributed by atoms with Crippen LogP contribution in [-0.4, -0.2) is 88.2 Å². The van der Waals surface area contributed by atoms with Crippen LogP contribution < -0.4 is 5.32 Å². The van der Waals surface area contributed by atoms with Crippen molar-refractivity contribution in [1.82, 2.24) is 24.9 Å². The zero-order valence-electron chi connectivity index (χ0n) is 22.4. The summed E-state index contributed by atoms with van der Waals surface area (Å²) in [6.45, 7) is 4.77. The molecule has 1 aliphatic carbocycles. The zero-order chi connectivity index (χ0) is 28.2. The van der Waals surface area contributed by atoms with Crippen LogP contribution in [0.1, 0.15) is 64.4 Å². The Morgan fingerprint density at radius 1 is 1.26 bits per heavy atom. The van der Waals surface area contributed by atoms with E-state index in [4.69, 9.17) is 5.26 Å². The fourth-order valence-corrected chi connectivity index (χ4v) is 8.20. The Morgan fingerprint density at radius 2 is 1.92 bits per heavy atom. The highest BCUT2D eigenvalue weighted by molar-refractivity contribution is 7.94. The number of nitrogens with zero attached hydrogens (tertiary/aromatic N) is 5. The standard InChI is InChI=1S/C27H33FN6O4S/c1-26(2,16-33-14-20(28)15-33)39(37,38)27(9-10-27)17-34-11-8-21-22(31-32(3)23(21)25(34)36)24(35)30-13-19-6-4-18(12-29)5-7-19/h4-7,20H,8-11,13-17H2,1-3H3,(H,30,35). The number of aryl methyl sites for hydroxylation is 1. The zero-order valence-corrected chi connectivity index (χ0v) is 23.2. The van der Waals surface area contributed by atoms with E-state index in [0.29, 0.717) is 42.6 Å². The number of nitrogens with one attached hydrogen (secondary N) is 1. The number of aromatic nitrogens is 2. The lowest BCUT2D eigenvalue weighted by molar-refractivity contribution is 0.0586. The highest BCUT2D eigenvalue weighted by Crippen LogP contribution is 2.49. The predicted octanol–water partition coefficient (Wildman–Crippen LogP) is 1.60. The highest BCUT2D eigenvalue weighted by atomic mass is 32.2. The van der Waals surface area contributed by atoms with Crippen LogP contribution in [0.15, 0.2) is 24.3 Å². The van der Waals surface area contributed by atoms with E-state index in [2.05, 4.69) is 16.5 Å². The number of hydrogen-bond donors (Lipinski definition) is 1. The van der Waals surface area contributed by atoms with Crippen LogP contribution in [0.2, 0.25) is 0 Å². The van der Waals surface area contributed by atoms with Crippen LogP contribution in [0.4, 0.5) is 4.39 Å². The normalized spacial score (nSPS) is 19.3. The molecule has 0 radical (unpaired) electrons. The lowest BCUT2D eigenvalue weighted by atomic mass is 10.0. The molecule has 0 bridgehead atoms. The number of alkyl halides is 1. The molecular formula is C27H33FN6O4S. The lowest BCUT2D eigenvalue weighted by Crippen LogP contribution is -2.58. The van der Waals surface area contributed by atoms with Crippen LogP contribution in [0.5, 0.6) is 0 Å². The SMILES string of the molecule is Cn1nc(C(=O)NCc2ccc(C#N)cc2)c2c1C(=O)N(CC1(S(=O)(=O)C(C)(C)CN3CC(F)C3)CC1)CC2. The number of amides is 2. The van der Waals surface area contributed by atoms with Gasteiger partial charge in [0.25, 0.3) is 11.8 Å². The fourth-order valence-electron chi connectivity index (χ4n) is 5.71. The molecule has 1 saturated heterocycles. The maximum Gasteiger partial charge on any atom is 0.272 e. The smallest absolute Gasteiger partial charge is 0.272 e. The molecule has 10 nitrogen and oxygen atoms in total. The first-order valence-electron chi connectivity index (χ1n) is 13.1.